The maximum atomic E-state index is 13.2. The predicted molar refractivity (Wildman–Crippen MR) is 48.4 cm³/mol. The summed E-state index contributed by atoms with van der Waals surface area (Å²) in [6.45, 7) is 3.89. The maximum absolute atomic E-state index is 13.2. The normalized spacial score (nSPS) is 20.0. The van der Waals surface area contributed by atoms with E-state index >= 15 is 0 Å². The molecule has 1 aromatic carbocycles. The zero-order chi connectivity index (χ0) is 9.59. The highest BCUT2D eigenvalue weighted by molar-refractivity contribution is 5.66. The van der Waals surface area contributed by atoms with Crippen LogP contribution in [0.15, 0.2) is 17.7 Å². The molecule has 1 atom stereocenters. The summed E-state index contributed by atoms with van der Waals surface area (Å²) >= 11 is 0. The van der Waals surface area contributed by atoms with Crippen LogP contribution < -0.4 is 0 Å². The number of allylic oxidation sites excluding steroid dienone is 1. The van der Waals surface area contributed by atoms with Crippen LogP contribution in [0.4, 0.5) is 8.78 Å². The molecule has 1 aliphatic rings. The summed E-state index contributed by atoms with van der Waals surface area (Å²) in [6, 6.07) is 2.34. The Balaban J connectivity index is 2.66. The lowest BCUT2D eigenvalue weighted by Crippen LogP contribution is -1.94. The standard InChI is InChI=1S/C11H10F2/c1-6-3-10-9(7(6)2)4-8(12)5-11(10)13/h3-5,7H,1-2H3. The van der Waals surface area contributed by atoms with Crippen LogP contribution in [-0.4, -0.2) is 0 Å². The number of rotatable bonds is 0. The van der Waals surface area contributed by atoms with Crippen molar-refractivity contribution >= 4 is 6.08 Å². The molecule has 0 saturated heterocycles. The third-order valence-electron chi connectivity index (χ3n) is 2.65. The molecule has 0 aliphatic heterocycles. The second-order valence-corrected chi connectivity index (χ2v) is 3.50. The van der Waals surface area contributed by atoms with Gasteiger partial charge in [0.25, 0.3) is 0 Å². The number of fused-ring (bicyclic) bond motifs is 1. The molecule has 1 aromatic rings. The first kappa shape index (κ1) is 8.42. The Labute approximate surface area is 75.9 Å². The molecule has 0 spiro atoms. The van der Waals surface area contributed by atoms with Gasteiger partial charge in [0.2, 0.25) is 0 Å². The SMILES string of the molecule is CC1=Cc2c(F)cc(F)cc2C1C. The van der Waals surface area contributed by atoms with Crippen molar-refractivity contribution in [3.8, 4) is 0 Å². The van der Waals surface area contributed by atoms with Gasteiger partial charge in [-0.2, -0.15) is 0 Å². The van der Waals surface area contributed by atoms with Gasteiger partial charge in [0.1, 0.15) is 11.6 Å². The van der Waals surface area contributed by atoms with E-state index < -0.39 is 11.6 Å². The van der Waals surface area contributed by atoms with Gasteiger partial charge in [-0.25, -0.2) is 8.78 Å². The van der Waals surface area contributed by atoms with E-state index in [-0.39, 0.29) is 5.92 Å². The summed E-state index contributed by atoms with van der Waals surface area (Å²) in [5.74, 6) is -0.815. The number of hydrogen-bond acceptors (Lipinski definition) is 0. The molecule has 2 heteroatoms. The Morgan fingerprint density at radius 3 is 2.62 bits per heavy atom. The first-order chi connectivity index (χ1) is 6.09. The molecule has 0 amide bonds. The maximum Gasteiger partial charge on any atom is 0.133 e. The van der Waals surface area contributed by atoms with Gasteiger partial charge < -0.3 is 0 Å². The van der Waals surface area contributed by atoms with E-state index in [9.17, 15) is 8.78 Å². The van der Waals surface area contributed by atoms with Crippen molar-refractivity contribution in [1.29, 1.82) is 0 Å². The van der Waals surface area contributed by atoms with Crippen LogP contribution in [0.5, 0.6) is 0 Å². The van der Waals surface area contributed by atoms with E-state index in [0.717, 1.165) is 17.2 Å². The summed E-state index contributed by atoms with van der Waals surface area (Å²) < 4.78 is 26.1. The predicted octanol–water partition coefficient (Wildman–Crippen LogP) is 3.49. The van der Waals surface area contributed by atoms with Gasteiger partial charge in [-0.3, -0.25) is 0 Å². The molecule has 0 N–H and O–H groups in total. The smallest absolute Gasteiger partial charge is 0.133 e. The van der Waals surface area contributed by atoms with Crippen LogP contribution in [0, 0.1) is 11.6 Å². The van der Waals surface area contributed by atoms with Crippen LogP contribution in [-0.2, 0) is 0 Å². The van der Waals surface area contributed by atoms with E-state index in [2.05, 4.69) is 0 Å². The molecule has 0 heterocycles. The van der Waals surface area contributed by atoms with Gasteiger partial charge in [-0.1, -0.05) is 18.6 Å². The third-order valence-corrected chi connectivity index (χ3v) is 2.65. The molecule has 68 valence electrons. The molecule has 0 radical (unpaired) electrons. The minimum atomic E-state index is -0.494. The van der Waals surface area contributed by atoms with Gasteiger partial charge >= 0.3 is 0 Å². The largest absolute Gasteiger partial charge is 0.207 e. The Hall–Kier alpha value is -1.18. The molecule has 0 bridgehead atoms. The molecule has 1 unspecified atom stereocenters. The van der Waals surface area contributed by atoms with Crippen LogP contribution >= 0.6 is 0 Å². The highest BCUT2D eigenvalue weighted by atomic mass is 19.1. The lowest BCUT2D eigenvalue weighted by Gasteiger charge is -2.07. The minimum Gasteiger partial charge on any atom is -0.207 e. The Morgan fingerprint density at radius 2 is 1.92 bits per heavy atom. The van der Waals surface area contributed by atoms with Crippen molar-refractivity contribution in [2.75, 3.05) is 0 Å². The van der Waals surface area contributed by atoms with Crippen LogP contribution in [0.1, 0.15) is 30.9 Å². The minimum absolute atomic E-state index is 0.139. The average molecular weight is 180 g/mol. The van der Waals surface area contributed by atoms with E-state index in [0.29, 0.717) is 5.56 Å². The lowest BCUT2D eigenvalue weighted by molar-refractivity contribution is 0.578. The molecule has 0 nitrogen and oxygen atoms in total. The summed E-state index contributed by atoms with van der Waals surface area (Å²) in [5.41, 5.74) is 2.39. The highest BCUT2D eigenvalue weighted by Gasteiger charge is 2.21. The number of halogens is 2. The van der Waals surface area contributed by atoms with Crippen molar-refractivity contribution in [1.82, 2.24) is 0 Å². The monoisotopic (exact) mass is 180 g/mol. The Bertz CT molecular complexity index is 391. The van der Waals surface area contributed by atoms with Crippen LogP contribution in [0.2, 0.25) is 0 Å². The molecule has 0 fully saturated rings. The van der Waals surface area contributed by atoms with Crippen molar-refractivity contribution in [2.24, 2.45) is 0 Å². The van der Waals surface area contributed by atoms with E-state index in [1.807, 2.05) is 13.8 Å². The van der Waals surface area contributed by atoms with E-state index in [1.165, 1.54) is 6.07 Å². The van der Waals surface area contributed by atoms with Gasteiger partial charge in [-0.15, -0.1) is 0 Å². The van der Waals surface area contributed by atoms with Crippen LogP contribution in [0.25, 0.3) is 6.08 Å². The summed E-state index contributed by atoms with van der Waals surface area (Å²) in [6.07, 6.45) is 1.79. The molecular formula is C11H10F2. The number of hydrogen-bond donors (Lipinski definition) is 0. The fourth-order valence-corrected chi connectivity index (χ4v) is 1.71. The summed E-state index contributed by atoms with van der Waals surface area (Å²) in [7, 11) is 0. The second kappa shape index (κ2) is 2.66. The summed E-state index contributed by atoms with van der Waals surface area (Å²) in [4.78, 5) is 0. The zero-order valence-corrected chi connectivity index (χ0v) is 7.57. The number of benzene rings is 1. The fraction of sp³-hybridized carbons (Fsp3) is 0.273. The average Bonchev–Trinajstić information content (AvgIpc) is 2.32. The van der Waals surface area contributed by atoms with Crippen molar-refractivity contribution in [3.05, 3.63) is 40.5 Å². The quantitative estimate of drug-likeness (QED) is 0.573. The zero-order valence-electron chi connectivity index (χ0n) is 7.57. The second-order valence-electron chi connectivity index (χ2n) is 3.50. The van der Waals surface area contributed by atoms with Gasteiger partial charge in [0.05, 0.1) is 0 Å². The fourth-order valence-electron chi connectivity index (χ4n) is 1.71. The van der Waals surface area contributed by atoms with E-state index in [4.69, 9.17) is 0 Å². The molecule has 0 aromatic heterocycles. The van der Waals surface area contributed by atoms with Crippen molar-refractivity contribution < 1.29 is 8.78 Å². The van der Waals surface area contributed by atoms with Gasteiger partial charge in [0, 0.05) is 17.5 Å². The Morgan fingerprint density at radius 1 is 1.23 bits per heavy atom. The van der Waals surface area contributed by atoms with E-state index in [1.54, 1.807) is 6.08 Å². The molecule has 2 rings (SSSR count). The van der Waals surface area contributed by atoms with Crippen molar-refractivity contribution in [3.63, 3.8) is 0 Å². The first-order valence-electron chi connectivity index (χ1n) is 4.26. The lowest BCUT2D eigenvalue weighted by atomic mass is 9.99. The molecule has 1 aliphatic carbocycles. The van der Waals surface area contributed by atoms with Crippen LogP contribution in [0.3, 0.4) is 0 Å². The van der Waals surface area contributed by atoms with Crippen molar-refractivity contribution in [2.45, 2.75) is 19.8 Å². The molecule has 0 saturated carbocycles. The third kappa shape index (κ3) is 1.17. The summed E-state index contributed by atoms with van der Waals surface area (Å²) in [5, 5.41) is 0. The molecule has 13 heavy (non-hydrogen) atoms. The topological polar surface area (TPSA) is 0 Å². The highest BCUT2D eigenvalue weighted by Crippen LogP contribution is 2.37. The first-order valence-corrected chi connectivity index (χ1v) is 4.26. The van der Waals surface area contributed by atoms with Gasteiger partial charge in [0.15, 0.2) is 0 Å². The Kier molecular flexibility index (Phi) is 1.72. The molecular weight excluding hydrogens is 170 g/mol. The van der Waals surface area contributed by atoms with Gasteiger partial charge in [-0.05, 0) is 18.6 Å².